The summed E-state index contributed by atoms with van der Waals surface area (Å²) in [6.45, 7) is -0.406. The summed E-state index contributed by atoms with van der Waals surface area (Å²) in [6, 6.07) is 0. The molecule has 0 atom stereocenters. The highest BCUT2D eigenvalue weighted by Crippen LogP contribution is 2.51. The van der Waals surface area contributed by atoms with Gasteiger partial charge in [-0.1, -0.05) is 0 Å². The first-order valence-electron chi connectivity index (χ1n) is 5.07. The van der Waals surface area contributed by atoms with E-state index in [0.29, 0.717) is 0 Å². The van der Waals surface area contributed by atoms with Crippen molar-refractivity contribution in [2.75, 3.05) is 0 Å². The molecular formula is C9H8F12. The van der Waals surface area contributed by atoms with Crippen LogP contribution in [0.3, 0.4) is 0 Å². The first-order valence-corrected chi connectivity index (χ1v) is 5.07. The molecule has 0 nitrogen and oxygen atoms in total. The van der Waals surface area contributed by atoms with Crippen molar-refractivity contribution in [3.63, 3.8) is 0 Å². The Morgan fingerprint density at radius 3 is 1.29 bits per heavy atom. The Morgan fingerprint density at radius 2 is 1.00 bits per heavy atom. The van der Waals surface area contributed by atoms with Gasteiger partial charge in [0.25, 0.3) is 0 Å². The molecule has 0 fully saturated rings. The molecule has 0 aromatic carbocycles. The number of alkyl halides is 12. The van der Waals surface area contributed by atoms with Gasteiger partial charge in [-0.05, 0) is 0 Å². The van der Waals surface area contributed by atoms with E-state index in [2.05, 4.69) is 0 Å². The molecule has 0 amide bonds. The predicted octanol–water partition coefficient (Wildman–Crippen LogP) is 5.23. The lowest BCUT2D eigenvalue weighted by molar-refractivity contribution is -0.342. The second kappa shape index (κ2) is 5.41. The summed E-state index contributed by atoms with van der Waals surface area (Å²) >= 11 is 0. The van der Waals surface area contributed by atoms with E-state index in [1.165, 1.54) is 0 Å². The van der Waals surface area contributed by atoms with Gasteiger partial charge in [-0.3, -0.25) is 0 Å². The Balaban J connectivity index is 5.24. The zero-order valence-corrected chi connectivity index (χ0v) is 10.0. The molecule has 0 bridgehead atoms. The van der Waals surface area contributed by atoms with E-state index in [0.717, 1.165) is 0 Å². The zero-order valence-electron chi connectivity index (χ0n) is 10.0. The molecule has 0 heterocycles. The molecule has 0 aromatic heterocycles. The molecule has 0 rings (SSSR count). The van der Waals surface area contributed by atoms with Gasteiger partial charge >= 0.3 is 36.0 Å². The zero-order chi connectivity index (χ0) is 17.5. The third-order valence-electron chi connectivity index (χ3n) is 2.55. The standard InChI is InChI=1S/C9H8F12/c1-5(12,13)6(14,15)2-3-7(16,17)9(20,21)8(18,19)4(10)11/h4H,2-3H2,1H3. The Hall–Kier alpha value is -0.840. The summed E-state index contributed by atoms with van der Waals surface area (Å²) in [5, 5.41) is 0. The predicted molar refractivity (Wildman–Crippen MR) is 45.6 cm³/mol. The minimum Gasteiger partial charge on any atom is -0.203 e. The van der Waals surface area contributed by atoms with E-state index in [1.807, 2.05) is 0 Å². The minimum atomic E-state index is -6.69. The fourth-order valence-corrected chi connectivity index (χ4v) is 1.07. The Bertz CT molecular complexity index is 352. The van der Waals surface area contributed by atoms with Crippen LogP contribution in [0.5, 0.6) is 0 Å². The van der Waals surface area contributed by atoms with E-state index in [-0.39, 0.29) is 0 Å². The summed E-state index contributed by atoms with van der Waals surface area (Å²) in [5.41, 5.74) is 0. The quantitative estimate of drug-likeness (QED) is 0.555. The van der Waals surface area contributed by atoms with Crippen LogP contribution in [-0.2, 0) is 0 Å². The summed E-state index contributed by atoms with van der Waals surface area (Å²) < 4.78 is 149. The highest BCUT2D eigenvalue weighted by atomic mass is 19.4. The van der Waals surface area contributed by atoms with Gasteiger partial charge in [0.2, 0.25) is 0 Å². The second-order valence-corrected chi connectivity index (χ2v) is 4.30. The number of hydrogen-bond acceptors (Lipinski definition) is 0. The van der Waals surface area contributed by atoms with Gasteiger partial charge in [0.1, 0.15) is 0 Å². The molecular weight excluding hydrogens is 336 g/mol. The van der Waals surface area contributed by atoms with Crippen LogP contribution >= 0.6 is 0 Å². The molecule has 0 aromatic rings. The molecule has 0 spiro atoms. The van der Waals surface area contributed by atoms with Crippen LogP contribution in [0.2, 0.25) is 0 Å². The van der Waals surface area contributed by atoms with Gasteiger partial charge in [0.05, 0.1) is 0 Å². The largest absolute Gasteiger partial charge is 0.377 e. The van der Waals surface area contributed by atoms with Gasteiger partial charge < -0.3 is 0 Å². The van der Waals surface area contributed by atoms with E-state index >= 15 is 0 Å². The van der Waals surface area contributed by atoms with Gasteiger partial charge in [0, 0.05) is 19.8 Å². The summed E-state index contributed by atoms with van der Waals surface area (Å²) in [6.07, 6.45) is -10.6. The molecule has 0 saturated heterocycles. The van der Waals surface area contributed by atoms with E-state index < -0.39 is 55.8 Å². The third kappa shape index (κ3) is 3.68. The van der Waals surface area contributed by atoms with Crippen molar-refractivity contribution in [3.8, 4) is 0 Å². The van der Waals surface area contributed by atoms with Crippen molar-refractivity contribution < 1.29 is 52.7 Å². The lowest BCUT2D eigenvalue weighted by atomic mass is 9.97. The van der Waals surface area contributed by atoms with Gasteiger partial charge in [-0.25, -0.2) is 17.6 Å². The highest BCUT2D eigenvalue weighted by molar-refractivity contribution is 4.98. The molecule has 0 saturated carbocycles. The average Bonchev–Trinajstić information content (AvgIpc) is 2.24. The molecule has 0 aliphatic carbocycles. The topological polar surface area (TPSA) is 0 Å². The Kier molecular flexibility index (Phi) is 5.20. The molecule has 0 radical (unpaired) electrons. The SMILES string of the molecule is CC(F)(F)C(F)(F)CCC(F)(F)C(F)(F)C(F)(F)C(F)F. The van der Waals surface area contributed by atoms with Crippen molar-refractivity contribution in [2.24, 2.45) is 0 Å². The fraction of sp³-hybridized carbons (Fsp3) is 1.00. The lowest BCUT2D eigenvalue weighted by Crippen LogP contribution is -2.58. The van der Waals surface area contributed by atoms with Crippen molar-refractivity contribution >= 4 is 0 Å². The van der Waals surface area contributed by atoms with Crippen LogP contribution in [0.25, 0.3) is 0 Å². The average molecular weight is 344 g/mol. The summed E-state index contributed by atoms with van der Waals surface area (Å²) in [7, 11) is 0. The molecule has 0 aliphatic rings. The fourth-order valence-electron chi connectivity index (χ4n) is 1.07. The van der Waals surface area contributed by atoms with Crippen molar-refractivity contribution in [3.05, 3.63) is 0 Å². The molecule has 0 N–H and O–H groups in total. The van der Waals surface area contributed by atoms with Crippen molar-refractivity contribution in [1.29, 1.82) is 0 Å². The number of hydrogen-bond donors (Lipinski definition) is 0. The highest BCUT2D eigenvalue weighted by Gasteiger charge is 2.75. The van der Waals surface area contributed by atoms with E-state index in [4.69, 9.17) is 0 Å². The summed E-state index contributed by atoms with van der Waals surface area (Å²) in [4.78, 5) is 0. The first-order chi connectivity index (χ1) is 8.90. The van der Waals surface area contributed by atoms with Crippen LogP contribution < -0.4 is 0 Å². The molecule has 128 valence electrons. The van der Waals surface area contributed by atoms with Gasteiger partial charge in [-0.15, -0.1) is 0 Å². The Labute approximate surface area is 110 Å². The monoisotopic (exact) mass is 344 g/mol. The first kappa shape index (κ1) is 20.2. The van der Waals surface area contributed by atoms with Crippen molar-refractivity contribution in [1.82, 2.24) is 0 Å². The molecule has 0 unspecified atom stereocenters. The van der Waals surface area contributed by atoms with Crippen LogP contribution in [0, 0.1) is 0 Å². The van der Waals surface area contributed by atoms with Gasteiger partial charge in [0.15, 0.2) is 0 Å². The maximum Gasteiger partial charge on any atom is 0.377 e. The maximum absolute atomic E-state index is 12.8. The van der Waals surface area contributed by atoms with Crippen LogP contribution in [0.1, 0.15) is 19.8 Å². The summed E-state index contributed by atoms with van der Waals surface area (Å²) in [5.74, 6) is -29.3. The second-order valence-electron chi connectivity index (χ2n) is 4.30. The van der Waals surface area contributed by atoms with Crippen LogP contribution in [0.4, 0.5) is 52.7 Å². The molecule has 12 heteroatoms. The molecule has 0 aliphatic heterocycles. The number of halogens is 12. The van der Waals surface area contributed by atoms with Gasteiger partial charge in [-0.2, -0.15) is 35.1 Å². The van der Waals surface area contributed by atoms with E-state index in [1.54, 1.807) is 0 Å². The Morgan fingerprint density at radius 1 is 0.667 bits per heavy atom. The maximum atomic E-state index is 12.8. The minimum absolute atomic E-state index is 0.406. The van der Waals surface area contributed by atoms with E-state index in [9.17, 15) is 52.7 Å². The molecule has 21 heavy (non-hydrogen) atoms. The number of rotatable bonds is 7. The smallest absolute Gasteiger partial charge is 0.203 e. The third-order valence-corrected chi connectivity index (χ3v) is 2.55. The van der Waals surface area contributed by atoms with Crippen LogP contribution in [0.15, 0.2) is 0 Å². The van der Waals surface area contributed by atoms with Crippen molar-refractivity contribution in [2.45, 2.75) is 55.8 Å². The normalized spacial score (nSPS) is 15.7. The van der Waals surface area contributed by atoms with Crippen LogP contribution in [-0.4, -0.2) is 36.0 Å². The lowest BCUT2D eigenvalue weighted by Gasteiger charge is -2.33.